The molecule has 5 heteroatoms. The van der Waals surface area contributed by atoms with E-state index in [2.05, 4.69) is 10.6 Å². The third-order valence-electron chi connectivity index (χ3n) is 4.59. The van der Waals surface area contributed by atoms with Crippen molar-refractivity contribution in [2.24, 2.45) is 5.41 Å². The standard InChI is InChI=1S/C17H26N2O3/c1-17(12-20)10-6-9-15(17)19-16(21)18-14(11-22-2)13-7-4-3-5-8-13/h3-5,7-8,14-15,20H,6,9-12H2,1-2H3,(H2,18,19,21). The number of rotatable bonds is 6. The van der Waals surface area contributed by atoms with E-state index in [1.54, 1.807) is 7.11 Å². The molecule has 0 spiro atoms. The van der Waals surface area contributed by atoms with Crippen molar-refractivity contribution in [1.82, 2.24) is 10.6 Å². The number of aliphatic hydroxyl groups is 1. The highest BCUT2D eigenvalue weighted by Crippen LogP contribution is 2.37. The lowest BCUT2D eigenvalue weighted by molar-refractivity contribution is 0.119. The molecule has 1 aliphatic rings. The van der Waals surface area contributed by atoms with Gasteiger partial charge in [-0.15, -0.1) is 0 Å². The van der Waals surface area contributed by atoms with Crippen molar-refractivity contribution in [3.63, 3.8) is 0 Å². The zero-order valence-electron chi connectivity index (χ0n) is 13.3. The van der Waals surface area contributed by atoms with E-state index in [4.69, 9.17) is 4.74 Å². The van der Waals surface area contributed by atoms with E-state index in [1.807, 2.05) is 37.3 Å². The molecule has 3 atom stereocenters. The van der Waals surface area contributed by atoms with Crippen LogP contribution in [0.25, 0.3) is 0 Å². The first-order valence-corrected chi connectivity index (χ1v) is 7.81. The van der Waals surface area contributed by atoms with Gasteiger partial charge in [-0.25, -0.2) is 4.79 Å². The van der Waals surface area contributed by atoms with E-state index in [9.17, 15) is 9.90 Å². The zero-order valence-corrected chi connectivity index (χ0v) is 13.3. The number of hydrogen-bond donors (Lipinski definition) is 3. The van der Waals surface area contributed by atoms with Gasteiger partial charge < -0.3 is 20.5 Å². The number of nitrogens with one attached hydrogen (secondary N) is 2. The summed E-state index contributed by atoms with van der Waals surface area (Å²) < 4.78 is 5.21. The Morgan fingerprint density at radius 1 is 1.45 bits per heavy atom. The highest BCUT2D eigenvalue weighted by atomic mass is 16.5. The lowest BCUT2D eigenvalue weighted by atomic mass is 9.86. The van der Waals surface area contributed by atoms with Crippen LogP contribution in [0.1, 0.15) is 37.8 Å². The highest BCUT2D eigenvalue weighted by molar-refractivity contribution is 5.75. The van der Waals surface area contributed by atoms with Crippen LogP contribution in [0.3, 0.4) is 0 Å². The summed E-state index contributed by atoms with van der Waals surface area (Å²) in [4.78, 5) is 12.3. The first-order chi connectivity index (χ1) is 10.6. The van der Waals surface area contributed by atoms with E-state index in [-0.39, 0.29) is 30.1 Å². The molecule has 2 amide bonds. The Morgan fingerprint density at radius 3 is 2.82 bits per heavy atom. The van der Waals surface area contributed by atoms with Crippen molar-refractivity contribution in [2.75, 3.05) is 20.3 Å². The van der Waals surface area contributed by atoms with E-state index >= 15 is 0 Å². The fourth-order valence-corrected chi connectivity index (χ4v) is 3.10. The van der Waals surface area contributed by atoms with Crippen LogP contribution in [0.15, 0.2) is 30.3 Å². The molecule has 0 saturated heterocycles. The maximum absolute atomic E-state index is 12.3. The largest absolute Gasteiger partial charge is 0.396 e. The molecule has 3 N–H and O–H groups in total. The molecule has 1 saturated carbocycles. The minimum atomic E-state index is -0.221. The Labute approximate surface area is 132 Å². The summed E-state index contributed by atoms with van der Waals surface area (Å²) in [6.07, 6.45) is 2.88. The Hall–Kier alpha value is -1.59. The Kier molecular flexibility index (Phi) is 5.80. The summed E-state index contributed by atoms with van der Waals surface area (Å²) in [5.41, 5.74) is 0.789. The van der Waals surface area contributed by atoms with Gasteiger partial charge in [-0.3, -0.25) is 0 Å². The molecular formula is C17H26N2O3. The van der Waals surface area contributed by atoms with Crippen LogP contribution >= 0.6 is 0 Å². The summed E-state index contributed by atoms with van der Waals surface area (Å²) >= 11 is 0. The fourth-order valence-electron chi connectivity index (χ4n) is 3.10. The van der Waals surface area contributed by atoms with Crippen molar-refractivity contribution < 1.29 is 14.6 Å². The van der Waals surface area contributed by atoms with E-state index < -0.39 is 0 Å². The molecule has 1 aromatic carbocycles. The molecule has 122 valence electrons. The van der Waals surface area contributed by atoms with Gasteiger partial charge in [0.15, 0.2) is 0 Å². The molecule has 0 heterocycles. The highest BCUT2D eigenvalue weighted by Gasteiger charge is 2.39. The van der Waals surface area contributed by atoms with Gasteiger partial charge >= 0.3 is 6.03 Å². The maximum atomic E-state index is 12.3. The molecule has 1 fully saturated rings. The molecular weight excluding hydrogens is 280 g/mol. The van der Waals surface area contributed by atoms with Gasteiger partial charge in [-0.2, -0.15) is 0 Å². The normalized spacial score (nSPS) is 25.7. The third-order valence-corrected chi connectivity index (χ3v) is 4.59. The van der Waals surface area contributed by atoms with Crippen LogP contribution < -0.4 is 10.6 Å². The molecule has 2 rings (SSSR count). The topological polar surface area (TPSA) is 70.6 Å². The molecule has 0 radical (unpaired) electrons. The van der Waals surface area contributed by atoms with Gasteiger partial charge in [0.1, 0.15) is 0 Å². The van der Waals surface area contributed by atoms with Crippen LogP contribution in [-0.2, 0) is 4.74 Å². The minimum absolute atomic E-state index is 0.0106. The number of amides is 2. The Bertz CT molecular complexity index is 480. The molecule has 0 aliphatic heterocycles. The third kappa shape index (κ3) is 3.99. The van der Waals surface area contributed by atoms with Crippen LogP contribution in [0.2, 0.25) is 0 Å². The molecule has 1 aliphatic carbocycles. The second-order valence-corrected chi connectivity index (χ2v) is 6.29. The quantitative estimate of drug-likeness (QED) is 0.755. The maximum Gasteiger partial charge on any atom is 0.315 e. The van der Waals surface area contributed by atoms with Gasteiger partial charge in [0.25, 0.3) is 0 Å². The molecule has 3 unspecified atom stereocenters. The molecule has 22 heavy (non-hydrogen) atoms. The number of urea groups is 1. The number of carbonyl (C=O) groups excluding carboxylic acids is 1. The summed E-state index contributed by atoms with van der Waals surface area (Å²) in [5, 5.41) is 15.5. The van der Waals surface area contributed by atoms with Gasteiger partial charge in [-0.05, 0) is 18.4 Å². The average molecular weight is 306 g/mol. The number of carbonyl (C=O) groups is 1. The average Bonchev–Trinajstić information content (AvgIpc) is 2.89. The van der Waals surface area contributed by atoms with Gasteiger partial charge in [-0.1, -0.05) is 43.7 Å². The number of benzene rings is 1. The molecule has 5 nitrogen and oxygen atoms in total. The van der Waals surface area contributed by atoms with Crippen molar-refractivity contribution in [3.8, 4) is 0 Å². The fraction of sp³-hybridized carbons (Fsp3) is 0.588. The Morgan fingerprint density at radius 2 is 2.18 bits per heavy atom. The zero-order chi connectivity index (χ0) is 16.0. The lowest BCUT2D eigenvalue weighted by Crippen LogP contribution is -2.49. The van der Waals surface area contributed by atoms with Gasteiger partial charge in [0, 0.05) is 18.6 Å². The van der Waals surface area contributed by atoms with Crippen molar-refractivity contribution in [3.05, 3.63) is 35.9 Å². The molecule has 0 bridgehead atoms. The number of aliphatic hydroxyl groups excluding tert-OH is 1. The van der Waals surface area contributed by atoms with Gasteiger partial charge in [0.2, 0.25) is 0 Å². The molecule has 0 aromatic heterocycles. The first-order valence-electron chi connectivity index (χ1n) is 7.81. The minimum Gasteiger partial charge on any atom is -0.396 e. The summed E-state index contributed by atoms with van der Waals surface area (Å²) in [7, 11) is 1.62. The Balaban J connectivity index is 1.97. The van der Waals surface area contributed by atoms with E-state index in [0.29, 0.717) is 6.61 Å². The van der Waals surface area contributed by atoms with Crippen molar-refractivity contribution in [1.29, 1.82) is 0 Å². The SMILES string of the molecule is COCC(NC(=O)NC1CCCC1(C)CO)c1ccccc1. The van der Waals surface area contributed by atoms with Crippen molar-refractivity contribution >= 4 is 6.03 Å². The van der Waals surface area contributed by atoms with Crippen molar-refractivity contribution in [2.45, 2.75) is 38.3 Å². The summed E-state index contributed by atoms with van der Waals surface area (Å²) in [6, 6.07) is 9.38. The second kappa shape index (κ2) is 7.61. The first kappa shape index (κ1) is 16.8. The summed E-state index contributed by atoms with van der Waals surface area (Å²) in [6.45, 7) is 2.53. The van der Waals surface area contributed by atoms with E-state index in [1.165, 1.54) is 0 Å². The predicted molar refractivity (Wildman–Crippen MR) is 85.6 cm³/mol. The number of methoxy groups -OCH3 is 1. The van der Waals surface area contributed by atoms with Crippen LogP contribution in [0.5, 0.6) is 0 Å². The number of ether oxygens (including phenoxy) is 1. The molecule has 1 aromatic rings. The monoisotopic (exact) mass is 306 g/mol. The van der Waals surface area contributed by atoms with Crippen LogP contribution in [0.4, 0.5) is 4.79 Å². The second-order valence-electron chi connectivity index (χ2n) is 6.29. The number of hydrogen-bond acceptors (Lipinski definition) is 3. The van der Waals surface area contributed by atoms with Crippen LogP contribution in [-0.4, -0.2) is 37.5 Å². The van der Waals surface area contributed by atoms with E-state index in [0.717, 1.165) is 24.8 Å². The summed E-state index contributed by atoms with van der Waals surface area (Å²) in [5.74, 6) is 0. The lowest BCUT2D eigenvalue weighted by Gasteiger charge is -2.30. The van der Waals surface area contributed by atoms with Gasteiger partial charge in [0.05, 0.1) is 19.3 Å². The smallest absolute Gasteiger partial charge is 0.315 e. The predicted octanol–water partition coefficient (Wildman–Crippen LogP) is 2.22. The van der Waals surface area contributed by atoms with Crippen LogP contribution in [0, 0.1) is 5.41 Å².